The van der Waals surface area contributed by atoms with Gasteiger partial charge >= 0.3 is 0 Å². The van der Waals surface area contributed by atoms with Crippen molar-refractivity contribution >= 4 is 46.9 Å². The fourth-order valence-electron chi connectivity index (χ4n) is 4.17. The second-order valence-electron chi connectivity index (χ2n) is 9.03. The number of rotatable bonds is 6. The Bertz CT molecular complexity index is 1270. The van der Waals surface area contributed by atoms with Crippen LogP contribution in [0, 0.1) is 11.8 Å². The molecule has 4 rings (SSSR count). The number of aliphatic imine (C=N–C) groups is 1. The molecule has 1 N–H and O–H groups in total. The Balaban J connectivity index is 1.53. The molecule has 0 bridgehead atoms. The average molecular weight is 508 g/mol. The van der Waals surface area contributed by atoms with Gasteiger partial charge in [0.05, 0.1) is 15.7 Å². The predicted octanol–water partition coefficient (Wildman–Crippen LogP) is 6.01. The van der Waals surface area contributed by atoms with E-state index in [0.29, 0.717) is 16.5 Å². The number of benzene rings is 3. The molecular formula is C28H27Cl2N3O2. The molecular weight excluding hydrogens is 481 g/mol. The Kier molecular flexibility index (Phi) is 7.58. The third-order valence-corrected chi connectivity index (χ3v) is 7.03. The summed E-state index contributed by atoms with van der Waals surface area (Å²) in [4.78, 5) is 32.5. The fraction of sp³-hybridized carbons (Fsp3) is 0.250. The third-order valence-electron chi connectivity index (χ3n) is 6.29. The van der Waals surface area contributed by atoms with Gasteiger partial charge in [-0.2, -0.15) is 0 Å². The smallest absolute Gasteiger partial charge is 0.272 e. The first-order valence-corrected chi connectivity index (χ1v) is 12.2. The SMILES string of the molecule is CC(C)C(Cc1ccc(Cl)c(Cl)c1)C(=O)N[C@H]1N=Cc2ccc(-c3ccccc3)cc2N(C)C1=O. The molecule has 0 saturated carbocycles. The van der Waals surface area contributed by atoms with Crippen molar-refractivity contribution in [2.75, 3.05) is 11.9 Å². The van der Waals surface area contributed by atoms with Gasteiger partial charge in [-0.25, -0.2) is 0 Å². The van der Waals surface area contributed by atoms with Crippen molar-refractivity contribution in [3.63, 3.8) is 0 Å². The molecule has 1 heterocycles. The third kappa shape index (κ3) is 5.58. The zero-order valence-corrected chi connectivity index (χ0v) is 21.3. The van der Waals surface area contributed by atoms with Crippen LogP contribution >= 0.6 is 23.2 Å². The molecule has 1 unspecified atom stereocenters. The van der Waals surface area contributed by atoms with Crippen LogP contribution in [-0.4, -0.2) is 31.2 Å². The topological polar surface area (TPSA) is 61.8 Å². The van der Waals surface area contributed by atoms with E-state index in [0.717, 1.165) is 27.9 Å². The van der Waals surface area contributed by atoms with Crippen LogP contribution in [0.2, 0.25) is 10.0 Å². The first-order valence-electron chi connectivity index (χ1n) is 11.5. The summed E-state index contributed by atoms with van der Waals surface area (Å²) >= 11 is 12.2. The second-order valence-corrected chi connectivity index (χ2v) is 9.84. The molecule has 2 amide bonds. The zero-order chi connectivity index (χ0) is 25.1. The summed E-state index contributed by atoms with van der Waals surface area (Å²) in [7, 11) is 1.71. The second kappa shape index (κ2) is 10.6. The Morgan fingerprint density at radius 3 is 2.43 bits per heavy atom. The normalized spacial score (nSPS) is 16.1. The van der Waals surface area contributed by atoms with Crippen LogP contribution in [0.25, 0.3) is 11.1 Å². The van der Waals surface area contributed by atoms with E-state index in [9.17, 15) is 9.59 Å². The maximum absolute atomic E-state index is 13.3. The molecule has 2 atom stereocenters. The summed E-state index contributed by atoms with van der Waals surface area (Å²) in [6, 6.07) is 21.3. The van der Waals surface area contributed by atoms with E-state index in [2.05, 4.69) is 10.3 Å². The van der Waals surface area contributed by atoms with Crippen LogP contribution in [-0.2, 0) is 16.0 Å². The van der Waals surface area contributed by atoms with Crippen LogP contribution in [0.5, 0.6) is 0 Å². The van der Waals surface area contributed by atoms with Crippen molar-refractivity contribution in [2.24, 2.45) is 16.8 Å². The lowest BCUT2D eigenvalue weighted by Gasteiger charge is -2.25. The van der Waals surface area contributed by atoms with Crippen molar-refractivity contribution in [1.82, 2.24) is 5.32 Å². The van der Waals surface area contributed by atoms with E-state index < -0.39 is 6.17 Å². The molecule has 0 fully saturated rings. The minimum atomic E-state index is -1.00. The quantitative estimate of drug-likeness (QED) is 0.443. The van der Waals surface area contributed by atoms with Crippen LogP contribution in [0.1, 0.15) is 25.0 Å². The zero-order valence-electron chi connectivity index (χ0n) is 19.8. The molecule has 1 aliphatic rings. The predicted molar refractivity (Wildman–Crippen MR) is 143 cm³/mol. The molecule has 7 heteroatoms. The van der Waals surface area contributed by atoms with E-state index >= 15 is 0 Å². The fourth-order valence-corrected chi connectivity index (χ4v) is 4.49. The molecule has 0 radical (unpaired) electrons. The highest BCUT2D eigenvalue weighted by molar-refractivity contribution is 6.42. The number of hydrogen-bond donors (Lipinski definition) is 1. The largest absolute Gasteiger partial charge is 0.326 e. The Morgan fingerprint density at radius 1 is 1.00 bits per heavy atom. The summed E-state index contributed by atoms with van der Waals surface area (Å²) in [5, 5.41) is 3.78. The van der Waals surface area contributed by atoms with Gasteiger partial charge in [-0.15, -0.1) is 0 Å². The molecule has 0 spiro atoms. The lowest BCUT2D eigenvalue weighted by molar-refractivity contribution is -0.130. The van der Waals surface area contributed by atoms with Crippen molar-refractivity contribution in [1.29, 1.82) is 0 Å². The Morgan fingerprint density at radius 2 is 1.74 bits per heavy atom. The molecule has 5 nitrogen and oxygen atoms in total. The van der Waals surface area contributed by atoms with E-state index in [1.807, 2.05) is 68.4 Å². The summed E-state index contributed by atoms with van der Waals surface area (Å²) in [6.45, 7) is 3.96. The maximum Gasteiger partial charge on any atom is 0.272 e. The van der Waals surface area contributed by atoms with Gasteiger partial charge in [0.1, 0.15) is 0 Å². The number of fused-ring (bicyclic) bond motifs is 1. The lowest BCUT2D eigenvalue weighted by Crippen LogP contribution is -2.48. The van der Waals surface area contributed by atoms with Gasteiger partial charge < -0.3 is 10.2 Å². The van der Waals surface area contributed by atoms with E-state index in [1.54, 1.807) is 30.3 Å². The van der Waals surface area contributed by atoms with Gasteiger partial charge in [-0.3, -0.25) is 14.6 Å². The Hall–Kier alpha value is -3.15. The molecule has 1 aliphatic heterocycles. The van der Waals surface area contributed by atoms with E-state index in [4.69, 9.17) is 23.2 Å². The molecule has 3 aromatic rings. The molecule has 0 aliphatic carbocycles. The average Bonchev–Trinajstić information content (AvgIpc) is 2.96. The maximum atomic E-state index is 13.3. The van der Waals surface area contributed by atoms with Crippen LogP contribution in [0.4, 0.5) is 5.69 Å². The Labute approximate surface area is 215 Å². The monoisotopic (exact) mass is 507 g/mol. The lowest BCUT2D eigenvalue weighted by atomic mass is 9.88. The van der Waals surface area contributed by atoms with Crippen molar-refractivity contribution in [3.8, 4) is 11.1 Å². The molecule has 0 saturated heterocycles. The van der Waals surface area contributed by atoms with Gasteiger partial charge in [-0.05, 0) is 47.2 Å². The minimum absolute atomic E-state index is 0.0395. The molecule has 3 aromatic carbocycles. The van der Waals surface area contributed by atoms with Crippen LogP contribution in [0.15, 0.2) is 71.7 Å². The van der Waals surface area contributed by atoms with Crippen molar-refractivity contribution in [2.45, 2.75) is 26.4 Å². The van der Waals surface area contributed by atoms with Crippen LogP contribution < -0.4 is 10.2 Å². The van der Waals surface area contributed by atoms with E-state index in [1.165, 1.54) is 0 Å². The number of carbonyl (C=O) groups excluding carboxylic acids is 2. The number of nitrogens with one attached hydrogen (secondary N) is 1. The van der Waals surface area contributed by atoms with Gasteiger partial charge in [0.2, 0.25) is 12.1 Å². The molecule has 35 heavy (non-hydrogen) atoms. The van der Waals surface area contributed by atoms with Gasteiger partial charge in [-0.1, -0.05) is 85.6 Å². The highest BCUT2D eigenvalue weighted by Gasteiger charge is 2.31. The summed E-state index contributed by atoms with van der Waals surface area (Å²) in [6.07, 6.45) is 1.12. The summed E-state index contributed by atoms with van der Waals surface area (Å²) in [5.41, 5.74) is 4.52. The van der Waals surface area contributed by atoms with Crippen LogP contribution in [0.3, 0.4) is 0 Å². The number of nitrogens with zero attached hydrogens (tertiary/aromatic N) is 2. The number of halogens is 2. The van der Waals surface area contributed by atoms with Gasteiger partial charge in [0.15, 0.2) is 0 Å². The number of amides is 2. The number of hydrogen-bond acceptors (Lipinski definition) is 3. The number of likely N-dealkylation sites (N-methyl/N-ethyl adjacent to an activating group) is 1. The first-order chi connectivity index (χ1) is 16.7. The molecule has 180 valence electrons. The number of anilines is 1. The number of carbonyl (C=O) groups is 2. The summed E-state index contributed by atoms with van der Waals surface area (Å²) < 4.78 is 0. The van der Waals surface area contributed by atoms with Gasteiger partial charge in [0, 0.05) is 24.7 Å². The van der Waals surface area contributed by atoms with Gasteiger partial charge in [0.25, 0.3) is 5.91 Å². The minimum Gasteiger partial charge on any atom is -0.326 e. The standard InChI is InChI=1S/C28H27Cl2N3O2/c1-17(2)22(13-18-9-12-23(29)24(30)14-18)27(34)32-26-28(35)33(3)25-15-20(10-11-21(25)16-31-26)19-7-5-4-6-8-19/h4-12,14-17,22,26H,13H2,1-3H3,(H,32,34)/t22?,26-/m1/s1. The highest BCUT2D eigenvalue weighted by Crippen LogP contribution is 2.29. The van der Waals surface area contributed by atoms with E-state index in [-0.39, 0.29) is 23.7 Å². The molecule has 0 aromatic heterocycles. The number of benzodiazepines with no additional fused rings is 1. The van der Waals surface area contributed by atoms with Crippen molar-refractivity contribution in [3.05, 3.63) is 87.9 Å². The first kappa shape index (κ1) is 25.0. The van der Waals surface area contributed by atoms with Crippen molar-refractivity contribution < 1.29 is 9.59 Å². The summed E-state index contributed by atoms with van der Waals surface area (Å²) in [5.74, 6) is -0.852. The highest BCUT2D eigenvalue weighted by atomic mass is 35.5.